The molecule has 0 atom stereocenters. The maximum Gasteiger partial charge on any atom is 0.147 e. The number of anilines is 1. The average molecular weight is 318 g/mol. The van der Waals surface area contributed by atoms with Gasteiger partial charge in [-0.3, -0.25) is 0 Å². The van der Waals surface area contributed by atoms with Crippen molar-refractivity contribution < 1.29 is 4.74 Å². The highest BCUT2D eigenvalue weighted by atomic mass is 79.9. The third-order valence-electron chi connectivity index (χ3n) is 2.64. The Morgan fingerprint density at radius 1 is 1.47 bits per heavy atom. The molecule has 19 heavy (non-hydrogen) atoms. The van der Waals surface area contributed by atoms with Crippen molar-refractivity contribution in [2.75, 3.05) is 5.73 Å². The molecular formula is C14H12BrN3O. The fourth-order valence-electron chi connectivity index (χ4n) is 1.76. The van der Waals surface area contributed by atoms with E-state index in [4.69, 9.17) is 15.7 Å². The van der Waals surface area contributed by atoms with Gasteiger partial charge in [0.1, 0.15) is 24.1 Å². The first-order chi connectivity index (χ1) is 9.11. The van der Waals surface area contributed by atoms with Crippen molar-refractivity contribution in [2.45, 2.75) is 13.5 Å². The summed E-state index contributed by atoms with van der Waals surface area (Å²) in [7, 11) is 0. The normalized spacial score (nSPS) is 9.95. The van der Waals surface area contributed by atoms with E-state index < -0.39 is 0 Å². The molecule has 2 rings (SSSR count). The minimum absolute atomic E-state index is 0.267. The summed E-state index contributed by atoms with van der Waals surface area (Å²) < 4.78 is 6.63. The van der Waals surface area contributed by atoms with Gasteiger partial charge in [0.25, 0.3) is 0 Å². The molecule has 0 aliphatic heterocycles. The van der Waals surface area contributed by atoms with E-state index in [1.54, 1.807) is 18.3 Å². The Bertz CT molecular complexity index is 626. The zero-order valence-corrected chi connectivity index (χ0v) is 11.9. The molecule has 0 saturated heterocycles. The highest BCUT2D eigenvalue weighted by Crippen LogP contribution is 2.30. The quantitative estimate of drug-likeness (QED) is 0.882. The Balaban J connectivity index is 2.22. The van der Waals surface area contributed by atoms with E-state index in [2.05, 4.69) is 20.9 Å². The number of hydrogen-bond acceptors (Lipinski definition) is 4. The van der Waals surface area contributed by atoms with E-state index in [0.29, 0.717) is 17.1 Å². The van der Waals surface area contributed by atoms with Crippen LogP contribution in [0.15, 0.2) is 34.9 Å². The van der Waals surface area contributed by atoms with E-state index in [0.717, 1.165) is 15.6 Å². The molecule has 0 saturated carbocycles. The van der Waals surface area contributed by atoms with Gasteiger partial charge in [0.05, 0.1) is 5.69 Å². The molecule has 0 aliphatic carbocycles. The predicted molar refractivity (Wildman–Crippen MR) is 76.6 cm³/mol. The highest BCUT2D eigenvalue weighted by Gasteiger charge is 2.08. The van der Waals surface area contributed by atoms with Gasteiger partial charge in [-0.25, -0.2) is 4.98 Å². The van der Waals surface area contributed by atoms with Gasteiger partial charge in [-0.2, -0.15) is 5.26 Å². The van der Waals surface area contributed by atoms with Crippen molar-refractivity contribution in [2.24, 2.45) is 0 Å². The number of rotatable bonds is 3. The van der Waals surface area contributed by atoms with Gasteiger partial charge in [0.2, 0.25) is 0 Å². The van der Waals surface area contributed by atoms with Crippen LogP contribution in [-0.2, 0) is 6.61 Å². The Morgan fingerprint density at radius 2 is 2.26 bits per heavy atom. The summed E-state index contributed by atoms with van der Waals surface area (Å²) in [4.78, 5) is 3.99. The SMILES string of the molecule is Cc1cc(Br)cc(N)c1OCc1cccnc1C#N. The number of nitrogens with zero attached hydrogens (tertiary/aromatic N) is 2. The van der Waals surface area contributed by atoms with Gasteiger partial charge in [-0.15, -0.1) is 0 Å². The standard InChI is InChI=1S/C14H12BrN3O/c1-9-5-11(15)6-12(17)14(9)19-8-10-3-2-4-18-13(10)7-16/h2-6H,8,17H2,1H3. The van der Waals surface area contributed by atoms with E-state index >= 15 is 0 Å². The average Bonchev–Trinajstić information content (AvgIpc) is 2.38. The Kier molecular flexibility index (Phi) is 4.03. The summed E-state index contributed by atoms with van der Waals surface area (Å²) in [5.74, 6) is 0.635. The number of halogens is 1. The Labute approximate surface area is 120 Å². The third-order valence-corrected chi connectivity index (χ3v) is 3.10. The molecule has 1 aromatic heterocycles. The number of aryl methyl sites for hydroxylation is 1. The van der Waals surface area contributed by atoms with Gasteiger partial charge in [0, 0.05) is 16.2 Å². The molecule has 2 N–H and O–H groups in total. The molecule has 0 unspecified atom stereocenters. The van der Waals surface area contributed by atoms with Gasteiger partial charge in [-0.1, -0.05) is 22.0 Å². The lowest BCUT2D eigenvalue weighted by atomic mass is 10.2. The van der Waals surface area contributed by atoms with Crippen LogP contribution < -0.4 is 10.5 Å². The van der Waals surface area contributed by atoms with Crippen LogP contribution in [0.4, 0.5) is 5.69 Å². The number of ether oxygens (including phenoxy) is 1. The van der Waals surface area contributed by atoms with Gasteiger partial charge < -0.3 is 10.5 Å². The van der Waals surface area contributed by atoms with E-state index in [1.165, 1.54) is 0 Å². The molecule has 1 heterocycles. The summed E-state index contributed by atoms with van der Waals surface area (Å²) in [6.45, 7) is 2.19. The topological polar surface area (TPSA) is 71.9 Å². The molecular weight excluding hydrogens is 306 g/mol. The van der Waals surface area contributed by atoms with Crippen LogP contribution in [0.2, 0.25) is 0 Å². The number of nitrogen functional groups attached to an aromatic ring is 1. The summed E-state index contributed by atoms with van der Waals surface area (Å²) in [5.41, 5.74) is 8.54. The second-order valence-corrected chi connectivity index (χ2v) is 4.97. The van der Waals surface area contributed by atoms with Gasteiger partial charge in [0.15, 0.2) is 0 Å². The van der Waals surface area contributed by atoms with E-state index in [1.807, 2.05) is 25.1 Å². The summed E-state index contributed by atoms with van der Waals surface area (Å²) >= 11 is 3.38. The smallest absolute Gasteiger partial charge is 0.147 e. The number of nitrogens with two attached hydrogens (primary N) is 1. The minimum atomic E-state index is 0.267. The molecule has 0 aliphatic rings. The Morgan fingerprint density at radius 3 is 2.95 bits per heavy atom. The van der Waals surface area contributed by atoms with Crippen molar-refractivity contribution in [3.05, 3.63) is 51.8 Å². The van der Waals surface area contributed by atoms with Gasteiger partial charge in [-0.05, 0) is 30.7 Å². The monoisotopic (exact) mass is 317 g/mol. The minimum Gasteiger partial charge on any atom is -0.486 e. The lowest BCUT2D eigenvalue weighted by Crippen LogP contribution is -2.03. The lowest BCUT2D eigenvalue weighted by molar-refractivity contribution is 0.305. The molecule has 5 heteroatoms. The molecule has 96 valence electrons. The second-order valence-electron chi connectivity index (χ2n) is 4.05. The second kappa shape index (κ2) is 5.72. The maximum atomic E-state index is 8.96. The van der Waals surface area contributed by atoms with Crippen molar-refractivity contribution in [1.29, 1.82) is 5.26 Å². The summed E-state index contributed by atoms with van der Waals surface area (Å²) in [6.07, 6.45) is 1.58. The van der Waals surface area contributed by atoms with Crippen LogP contribution >= 0.6 is 15.9 Å². The molecule has 0 spiro atoms. The molecule has 0 fully saturated rings. The van der Waals surface area contributed by atoms with E-state index in [-0.39, 0.29) is 6.61 Å². The van der Waals surface area contributed by atoms with Crippen LogP contribution in [0, 0.1) is 18.3 Å². The number of hydrogen-bond donors (Lipinski definition) is 1. The van der Waals surface area contributed by atoms with Crippen molar-refractivity contribution in [3.8, 4) is 11.8 Å². The van der Waals surface area contributed by atoms with Crippen molar-refractivity contribution in [1.82, 2.24) is 4.98 Å². The Hall–Kier alpha value is -2.06. The van der Waals surface area contributed by atoms with E-state index in [9.17, 15) is 0 Å². The maximum absolute atomic E-state index is 8.96. The molecule has 1 aromatic carbocycles. The third kappa shape index (κ3) is 3.04. The van der Waals surface area contributed by atoms with Crippen LogP contribution in [0.25, 0.3) is 0 Å². The van der Waals surface area contributed by atoms with Crippen molar-refractivity contribution >= 4 is 21.6 Å². The molecule has 0 amide bonds. The van der Waals surface area contributed by atoms with Crippen molar-refractivity contribution in [3.63, 3.8) is 0 Å². The zero-order chi connectivity index (χ0) is 13.8. The molecule has 2 aromatic rings. The first-order valence-corrected chi connectivity index (χ1v) is 6.43. The molecule has 4 nitrogen and oxygen atoms in total. The fraction of sp³-hybridized carbons (Fsp3) is 0.143. The first kappa shape index (κ1) is 13.4. The van der Waals surface area contributed by atoms with Crippen LogP contribution in [0.5, 0.6) is 5.75 Å². The van der Waals surface area contributed by atoms with Gasteiger partial charge >= 0.3 is 0 Å². The first-order valence-electron chi connectivity index (χ1n) is 5.64. The molecule has 0 radical (unpaired) electrons. The van der Waals surface area contributed by atoms with Crippen LogP contribution in [-0.4, -0.2) is 4.98 Å². The number of aromatic nitrogens is 1. The lowest BCUT2D eigenvalue weighted by Gasteiger charge is -2.12. The number of benzene rings is 1. The largest absolute Gasteiger partial charge is 0.486 e. The summed E-state index contributed by atoms with van der Waals surface area (Å²) in [5, 5.41) is 8.96. The fourth-order valence-corrected chi connectivity index (χ4v) is 2.35. The highest BCUT2D eigenvalue weighted by molar-refractivity contribution is 9.10. The van der Waals surface area contributed by atoms with Crippen LogP contribution in [0.3, 0.4) is 0 Å². The number of nitriles is 1. The predicted octanol–water partition coefficient (Wildman–Crippen LogP) is 3.19. The number of pyridine rings is 1. The summed E-state index contributed by atoms with van der Waals surface area (Å²) in [6, 6.07) is 9.35. The molecule has 0 bridgehead atoms. The zero-order valence-electron chi connectivity index (χ0n) is 10.4. The van der Waals surface area contributed by atoms with Crippen LogP contribution in [0.1, 0.15) is 16.8 Å².